The van der Waals surface area contributed by atoms with E-state index in [1.807, 2.05) is 58.9 Å². The van der Waals surface area contributed by atoms with E-state index < -0.39 is 17.7 Å². The van der Waals surface area contributed by atoms with Crippen molar-refractivity contribution in [1.82, 2.24) is 15.5 Å². The molecule has 1 aromatic heterocycles. The highest BCUT2D eigenvalue weighted by Crippen LogP contribution is 2.28. The van der Waals surface area contributed by atoms with Gasteiger partial charge in [-0.2, -0.15) is 0 Å². The molecule has 2 aromatic rings. The minimum Gasteiger partial charge on any atom is -0.444 e. The van der Waals surface area contributed by atoms with E-state index in [-0.39, 0.29) is 5.92 Å². The number of nitrogens with zero attached hydrogens (tertiary/aromatic N) is 2. The van der Waals surface area contributed by atoms with E-state index in [2.05, 4.69) is 15.5 Å². The van der Waals surface area contributed by atoms with Gasteiger partial charge in [0, 0.05) is 10.8 Å². The highest BCUT2D eigenvalue weighted by molar-refractivity contribution is 7.98. The fourth-order valence-corrected chi connectivity index (χ4v) is 3.22. The Bertz CT molecular complexity index is 761. The smallest absolute Gasteiger partial charge is 0.408 e. The van der Waals surface area contributed by atoms with Gasteiger partial charge in [0.25, 0.3) is 5.22 Å². The predicted molar refractivity (Wildman–Crippen MR) is 107 cm³/mol. The average molecular weight is 412 g/mol. The van der Waals surface area contributed by atoms with E-state index in [4.69, 9.17) is 20.8 Å². The number of carbonyl (C=O) groups is 1. The molecule has 0 unspecified atom stereocenters. The molecule has 27 heavy (non-hydrogen) atoms. The number of rotatable bonds is 7. The van der Waals surface area contributed by atoms with Crippen LogP contribution in [0.25, 0.3) is 0 Å². The van der Waals surface area contributed by atoms with Crippen LogP contribution in [-0.2, 0) is 10.5 Å². The van der Waals surface area contributed by atoms with Crippen LogP contribution in [-0.4, -0.2) is 21.9 Å². The molecule has 148 valence electrons. The number of hydrogen-bond donors (Lipinski definition) is 1. The van der Waals surface area contributed by atoms with Crippen molar-refractivity contribution >= 4 is 29.5 Å². The van der Waals surface area contributed by atoms with Gasteiger partial charge in [0.1, 0.15) is 11.6 Å². The van der Waals surface area contributed by atoms with E-state index in [0.29, 0.717) is 21.9 Å². The zero-order chi connectivity index (χ0) is 20.0. The maximum atomic E-state index is 12.2. The molecule has 6 nitrogen and oxygen atoms in total. The van der Waals surface area contributed by atoms with E-state index >= 15 is 0 Å². The van der Waals surface area contributed by atoms with Crippen molar-refractivity contribution in [2.24, 2.45) is 5.92 Å². The van der Waals surface area contributed by atoms with E-state index in [9.17, 15) is 4.79 Å². The molecule has 0 aliphatic rings. The number of hydrogen-bond acceptors (Lipinski definition) is 6. The van der Waals surface area contributed by atoms with Gasteiger partial charge in [0.15, 0.2) is 0 Å². The summed E-state index contributed by atoms with van der Waals surface area (Å²) in [5.74, 6) is 1.16. The van der Waals surface area contributed by atoms with Crippen molar-refractivity contribution in [3.05, 3.63) is 40.7 Å². The number of nitrogens with one attached hydrogen (secondary N) is 1. The van der Waals surface area contributed by atoms with Crippen LogP contribution in [0, 0.1) is 5.92 Å². The van der Waals surface area contributed by atoms with Crippen molar-refractivity contribution in [3.63, 3.8) is 0 Å². The maximum Gasteiger partial charge on any atom is 0.408 e. The number of benzene rings is 1. The molecule has 0 saturated heterocycles. The Balaban J connectivity index is 2.05. The molecule has 0 radical (unpaired) electrons. The Hall–Kier alpha value is -1.73. The number of thioether (sulfide) groups is 1. The summed E-state index contributed by atoms with van der Waals surface area (Å²) in [6.07, 6.45) is 0.340. The number of carbonyl (C=O) groups excluding carboxylic acids is 1. The van der Waals surface area contributed by atoms with Gasteiger partial charge in [0.05, 0.1) is 0 Å². The van der Waals surface area contributed by atoms with Gasteiger partial charge in [-0.3, -0.25) is 0 Å². The van der Waals surface area contributed by atoms with Crippen LogP contribution >= 0.6 is 23.4 Å². The lowest BCUT2D eigenvalue weighted by molar-refractivity contribution is 0.0474. The standard InChI is InChI=1S/C19H26ClN3O3S/c1-6-12(2)15(21-17(24)26-19(3,4)5)16-22-23-18(25-16)27-11-13-8-7-9-14(20)10-13/h7-10,12,15H,6,11H2,1-5H3,(H,21,24)/t12-,15-/m0/s1. The summed E-state index contributed by atoms with van der Waals surface area (Å²) in [5, 5.41) is 12.2. The van der Waals surface area contributed by atoms with Gasteiger partial charge in [-0.1, -0.05) is 55.8 Å². The topological polar surface area (TPSA) is 77.2 Å². The first-order chi connectivity index (χ1) is 12.7. The summed E-state index contributed by atoms with van der Waals surface area (Å²) in [4.78, 5) is 12.2. The molecule has 0 fully saturated rings. The first-order valence-electron chi connectivity index (χ1n) is 8.88. The van der Waals surface area contributed by atoms with Crippen molar-refractivity contribution < 1.29 is 13.9 Å². The van der Waals surface area contributed by atoms with E-state index in [1.54, 1.807) is 0 Å². The van der Waals surface area contributed by atoms with Gasteiger partial charge in [-0.15, -0.1) is 10.2 Å². The third-order valence-corrected chi connectivity index (χ3v) is 4.95. The molecule has 1 aromatic carbocycles. The average Bonchev–Trinajstić information content (AvgIpc) is 3.04. The summed E-state index contributed by atoms with van der Waals surface area (Å²) in [6.45, 7) is 9.52. The second kappa shape index (κ2) is 9.46. The molecular weight excluding hydrogens is 386 g/mol. The van der Waals surface area contributed by atoms with Crippen LogP contribution in [0.1, 0.15) is 58.5 Å². The van der Waals surface area contributed by atoms with Crippen LogP contribution in [0.4, 0.5) is 4.79 Å². The summed E-state index contributed by atoms with van der Waals surface area (Å²) >= 11 is 7.43. The fourth-order valence-electron chi connectivity index (χ4n) is 2.29. The number of aromatic nitrogens is 2. The molecule has 0 bridgehead atoms. The Labute approximate surface area is 169 Å². The Kier molecular flexibility index (Phi) is 7.56. The Morgan fingerprint density at radius 1 is 1.37 bits per heavy atom. The Morgan fingerprint density at radius 3 is 2.74 bits per heavy atom. The maximum absolute atomic E-state index is 12.2. The third-order valence-electron chi connectivity index (χ3n) is 3.82. The lowest BCUT2D eigenvalue weighted by Gasteiger charge is -2.24. The monoisotopic (exact) mass is 411 g/mol. The highest BCUT2D eigenvalue weighted by atomic mass is 35.5. The van der Waals surface area contributed by atoms with Crippen LogP contribution in [0.15, 0.2) is 33.9 Å². The first kappa shape index (κ1) is 21.6. The van der Waals surface area contributed by atoms with E-state index in [1.165, 1.54) is 11.8 Å². The number of halogens is 1. The molecule has 0 spiro atoms. The van der Waals surface area contributed by atoms with Crippen LogP contribution in [0.5, 0.6) is 0 Å². The molecule has 1 heterocycles. The minimum absolute atomic E-state index is 0.115. The molecule has 0 saturated carbocycles. The van der Waals surface area contributed by atoms with Crippen molar-refractivity contribution in [1.29, 1.82) is 0 Å². The molecule has 1 N–H and O–H groups in total. The largest absolute Gasteiger partial charge is 0.444 e. The molecule has 0 aliphatic heterocycles. The third kappa shape index (κ3) is 7.07. The summed E-state index contributed by atoms with van der Waals surface area (Å²) in [5.41, 5.74) is 0.495. The zero-order valence-corrected chi connectivity index (χ0v) is 17.9. The summed E-state index contributed by atoms with van der Waals surface area (Å²) < 4.78 is 11.1. The summed E-state index contributed by atoms with van der Waals surface area (Å²) in [7, 11) is 0. The molecule has 1 amide bonds. The molecule has 0 aliphatic carbocycles. The predicted octanol–water partition coefficient (Wildman–Crippen LogP) is 5.63. The summed E-state index contributed by atoms with van der Waals surface area (Å²) in [6, 6.07) is 7.22. The molecule has 2 atom stereocenters. The van der Waals surface area contributed by atoms with E-state index in [0.717, 1.165) is 12.0 Å². The lowest BCUT2D eigenvalue weighted by atomic mass is 9.99. The number of ether oxygens (including phenoxy) is 1. The van der Waals surface area contributed by atoms with Crippen molar-refractivity contribution in [3.8, 4) is 0 Å². The quantitative estimate of drug-likeness (QED) is 0.595. The Morgan fingerprint density at radius 2 is 2.11 bits per heavy atom. The van der Waals surface area contributed by atoms with Gasteiger partial charge < -0.3 is 14.5 Å². The molecular formula is C19H26ClN3O3S. The fraction of sp³-hybridized carbons (Fsp3) is 0.526. The second-order valence-corrected chi connectivity index (χ2v) is 8.70. The van der Waals surface area contributed by atoms with Gasteiger partial charge in [-0.25, -0.2) is 4.79 Å². The van der Waals surface area contributed by atoms with Gasteiger partial charge in [-0.05, 0) is 44.4 Å². The van der Waals surface area contributed by atoms with Gasteiger partial charge >= 0.3 is 6.09 Å². The molecule has 8 heteroatoms. The SMILES string of the molecule is CC[C@H](C)[C@H](NC(=O)OC(C)(C)C)c1nnc(SCc2cccc(Cl)c2)o1. The zero-order valence-electron chi connectivity index (χ0n) is 16.3. The number of alkyl carbamates (subject to hydrolysis) is 1. The first-order valence-corrected chi connectivity index (χ1v) is 10.2. The minimum atomic E-state index is -0.573. The van der Waals surface area contributed by atoms with Gasteiger partial charge in [0.2, 0.25) is 5.89 Å². The lowest BCUT2D eigenvalue weighted by Crippen LogP contribution is -2.37. The van der Waals surface area contributed by atoms with Crippen LogP contribution in [0.2, 0.25) is 5.02 Å². The normalized spacial score (nSPS) is 13.9. The molecule has 2 rings (SSSR count). The number of amides is 1. The second-order valence-electron chi connectivity index (χ2n) is 7.33. The van der Waals surface area contributed by atoms with Crippen LogP contribution < -0.4 is 5.32 Å². The van der Waals surface area contributed by atoms with Crippen molar-refractivity contribution in [2.45, 2.75) is 63.7 Å². The van der Waals surface area contributed by atoms with Crippen molar-refractivity contribution in [2.75, 3.05) is 0 Å². The van der Waals surface area contributed by atoms with Crippen LogP contribution in [0.3, 0.4) is 0 Å². The highest BCUT2D eigenvalue weighted by Gasteiger charge is 2.28.